The molecule has 1 unspecified atom stereocenters. The van der Waals surface area contributed by atoms with E-state index in [1.165, 1.54) is 0 Å². The number of hydrogen-bond acceptors (Lipinski definition) is 4. The number of hydrogen-bond donors (Lipinski definition) is 2. The Bertz CT molecular complexity index is 721. The molecule has 0 spiro atoms. The maximum Gasteiger partial charge on any atom is 0.274 e. The second kappa shape index (κ2) is 7.62. The number of aryl methyl sites for hydroxylation is 1. The zero-order valence-corrected chi connectivity index (χ0v) is 14.7. The third-order valence-electron chi connectivity index (χ3n) is 3.28. The molecule has 0 aliphatic rings. The fourth-order valence-electron chi connectivity index (χ4n) is 1.90. The molecule has 23 heavy (non-hydrogen) atoms. The highest BCUT2D eigenvalue weighted by molar-refractivity contribution is 6.44. The zero-order chi connectivity index (χ0) is 17.0. The topological polar surface area (TPSA) is 66.9 Å². The Morgan fingerprint density at radius 1 is 1.30 bits per heavy atom. The van der Waals surface area contributed by atoms with Crippen LogP contribution in [0.5, 0.6) is 0 Å². The first-order chi connectivity index (χ1) is 10.9. The van der Waals surface area contributed by atoms with Gasteiger partial charge in [0.05, 0.1) is 15.7 Å². The van der Waals surface area contributed by atoms with Crippen LogP contribution in [0.15, 0.2) is 24.3 Å². The van der Waals surface area contributed by atoms with Crippen LogP contribution in [-0.4, -0.2) is 21.9 Å². The van der Waals surface area contributed by atoms with Gasteiger partial charge in [0.2, 0.25) is 0 Å². The third kappa shape index (κ3) is 4.56. The summed E-state index contributed by atoms with van der Waals surface area (Å²) in [4.78, 5) is 20.9. The normalized spacial score (nSPS) is 11.9. The minimum Gasteiger partial charge on any atom is -0.368 e. The van der Waals surface area contributed by atoms with Gasteiger partial charge in [-0.2, -0.15) is 0 Å². The highest BCUT2D eigenvalue weighted by Crippen LogP contribution is 2.29. The Balaban J connectivity index is 2.23. The summed E-state index contributed by atoms with van der Waals surface area (Å²) in [5.41, 5.74) is 0.705. The summed E-state index contributed by atoms with van der Waals surface area (Å²) < 4.78 is 0. The van der Waals surface area contributed by atoms with Gasteiger partial charge in [-0.3, -0.25) is 4.79 Å². The number of aromatic nitrogens is 2. The molecule has 1 amide bonds. The largest absolute Gasteiger partial charge is 0.368 e. The van der Waals surface area contributed by atoms with Crippen molar-refractivity contribution in [2.45, 2.75) is 33.2 Å². The fraction of sp³-hybridized carbons (Fsp3) is 0.312. The molecule has 0 aliphatic heterocycles. The van der Waals surface area contributed by atoms with Gasteiger partial charge in [0.25, 0.3) is 5.91 Å². The van der Waals surface area contributed by atoms with Crippen LogP contribution in [0.2, 0.25) is 10.0 Å². The summed E-state index contributed by atoms with van der Waals surface area (Å²) in [6.07, 6.45) is 0.947. The number of benzene rings is 1. The summed E-state index contributed by atoms with van der Waals surface area (Å²) in [6, 6.07) is 6.92. The van der Waals surface area contributed by atoms with Crippen LogP contribution < -0.4 is 10.6 Å². The minimum absolute atomic E-state index is 0.252. The fourth-order valence-corrected chi connectivity index (χ4v) is 2.25. The first-order valence-electron chi connectivity index (χ1n) is 7.28. The summed E-state index contributed by atoms with van der Waals surface area (Å²) in [5, 5.41) is 6.62. The zero-order valence-electron chi connectivity index (χ0n) is 13.2. The van der Waals surface area contributed by atoms with Gasteiger partial charge in [-0.15, -0.1) is 0 Å². The van der Waals surface area contributed by atoms with Gasteiger partial charge in [0.1, 0.15) is 17.3 Å². The summed E-state index contributed by atoms with van der Waals surface area (Å²) >= 11 is 12.0. The van der Waals surface area contributed by atoms with E-state index < -0.39 is 0 Å². The van der Waals surface area contributed by atoms with Gasteiger partial charge in [0.15, 0.2) is 0 Å². The Hall–Kier alpha value is -1.85. The van der Waals surface area contributed by atoms with Crippen LogP contribution in [0.25, 0.3) is 0 Å². The number of rotatable bonds is 5. The van der Waals surface area contributed by atoms with E-state index in [2.05, 4.69) is 27.5 Å². The molecule has 1 atom stereocenters. The van der Waals surface area contributed by atoms with E-state index in [9.17, 15) is 4.79 Å². The van der Waals surface area contributed by atoms with E-state index in [0.717, 1.165) is 6.42 Å². The van der Waals surface area contributed by atoms with Gasteiger partial charge in [-0.1, -0.05) is 36.2 Å². The monoisotopic (exact) mass is 352 g/mol. The Morgan fingerprint density at radius 3 is 2.74 bits per heavy atom. The van der Waals surface area contributed by atoms with Crippen molar-refractivity contribution in [3.05, 3.63) is 45.8 Å². The average Bonchev–Trinajstić information content (AvgIpc) is 2.51. The molecular weight excluding hydrogens is 335 g/mol. The quantitative estimate of drug-likeness (QED) is 0.827. The smallest absolute Gasteiger partial charge is 0.274 e. The van der Waals surface area contributed by atoms with Crippen LogP contribution >= 0.6 is 23.2 Å². The molecule has 5 nitrogen and oxygen atoms in total. The number of halogens is 2. The van der Waals surface area contributed by atoms with E-state index >= 15 is 0 Å². The molecular formula is C16H18Cl2N4O. The molecule has 0 bridgehead atoms. The lowest BCUT2D eigenvalue weighted by molar-refractivity contribution is 0.102. The van der Waals surface area contributed by atoms with Gasteiger partial charge in [0, 0.05) is 12.1 Å². The second-order valence-electron chi connectivity index (χ2n) is 5.19. The minimum atomic E-state index is -0.369. The van der Waals surface area contributed by atoms with Crippen molar-refractivity contribution < 1.29 is 4.79 Å². The Kier molecular flexibility index (Phi) is 5.80. The van der Waals surface area contributed by atoms with Gasteiger partial charge in [-0.25, -0.2) is 9.97 Å². The maximum atomic E-state index is 12.4. The van der Waals surface area contributed by atoms with Crippen molar-refractivity contribution in [3.8, 4) is 0 Å². The maximum absolute atomic E-state index is 12.4. The van der Waals surface area contributed by atoms with Crippen molar-refractivity contribution in [2.75, 3.05) is 10.6 Å². The molecule has 7 heteroatoms. The number of nitrogens with zero attached hydrogens (tertiary/aromatic N) is 2. The molecule has 0 aliphatic carbocycles. The average molecular weight is 353 g/mol. The molecule has 1 heterocycles. The first-order valence-corrected chi connectivity index (χ1v) is 8.04. The van der Waals surface area contributed by atoms with Crippen molar-refractivity contribution in [2.24, 2.45) is 0 Å². The molecule has 0 saturated carbocycles. The van der Waals surface area contributed by atoms with Crippen molar-refractivity contribution in [1.29, 1.82) is 0 Å². The molecule has 122 valence electrons. The van der Waals surface area contributed by atoms with E-state index in [0.29, 0.717) is 27.4 Å². The molecule has 0 fully saturated rings. The van der Waals surface area contributed by atoms with Gasteiger partial charge in [-0.05, 0) is 32.4 Å². The lowest BCUT2D eigenvalue weighted by Crippen LogP contribution is -2.19. The lowest BCUT2D eigenvalue weighted by Gasteiger charge is -2.13. The SMILES string of the molecule is CCC(C)Nc1cc(C(=O)Nc2cccc(Cl)c2Cl)nc(C)n1. The number of carbonyl (C=O) groups is 1. The van der Waals surface area contributed by atoms with Crippen LogP contribution in [0.1, 0.15) is 36.6 Å². The van der Waals surface area contributed by atoms with Crippen molar-refractivity contribution >= 4 is 40.6 Å². The Morgan fingerprint density at radius 2 is 2.04 bits per heavy atom. The second-order valence-corrected chi connectivity index (χ2v) is 5.98. The predicted octanol–water partition coefficient (Wildman–Crippen LogP) is 4.55. The standard InChI is InChI=1S/C16H18Cl2N4O/c1-4-9(2)19-14-8-13(20-10(3)21-14)16(23)22-12-7-5-6-11(17)15(12)18/h5-9H,4H2,1-3H3,(H,22,23)(H,19,20,21). The van der Waals surface area contributed by atoms with E-state index in [-0.39, 0.29) is 17.6 Å². The van der Waals surface area contributed by atoms with Crippen LogP contribution in [0.4, 0.5) is 11.5 Å². The Labute approximate surface area is 145 Å². The van der Waals surface area contributed by atoms with Crippen LogP contribution in [0, 0.1) is 6.92 Å². The number of carbonyl (C=O) groups excluding carboxylic acids is 1. The molecule has 0 saturated heterocycles. The molecule has 2 aromatic rings. The molecule has 0 radical (unpaired) electrons. The number of anilines is 2. The van der Waals surface area contributed by atoms with E-state index in [1.807, 2.05) is 6.92 Å². The van der Waals surface area contributed by atoms with Gasteiger partial charge < -0.3 is 10.6 Å². The summed E-state index contributed by atoms with van der Waals surface area (Å²) in [6.45, 7) is 5.86. The molecule has 1 aromatic heterocycles. The summed E-state index contributed by atoms with van der Waals surface area (Å²) in [7, 11) is 0. The molecule has 2 N–H and O–H groups in total. The number of amides is 1. The predicted molar refractivity (Wildman–Crippen MR) is 94.6 cm³/mol. The highest BCUT2D eigenvalue weighted by atomic mass is 35.5. The lowest BCUT2D eigenvalue weighted by atomic mass is 10.2. The third-order valence-corrected chi connectivity index (χ3v) is 4.10. The van der Waals surface area contributed by atoms with Gasteiger partial charge >= 0.3 is 0 Å². The van der Waals surface area contributed by atoms with Crippen molar-refractivity contribution in [1.82, 2.24) is 9.97 Å². The summed E-state index contributed by atoms with van der Waals surface area (Å²) in [5.74, 6) is 0.765. The molecule has 1 aromatic carbocycles. The van der Waals surface area contributed by atoms with Crippen molar-refractivity contribution in [3.63, 3.8) is 0 Å². The van der Waals surface area contributed by atoms with Crippen LogP contribution in [0.3, 0.4) is 0 Å². The van der Waals surface area contributed by atoms with E-state index in [4.69, 9.17) is 23.2 Å². The number of nitrogens with one attached hydrogen (secondary N) is 2. The van der Waals surface area contributed by atoms with Crippen LogP contribution in [-0.2, 0) is 0 Å². The highest BCUT2D eigenvalue weighted by Gasteiger charge is 2.14. The van der Waals surface area contributed by atoms with E-state index in [1.54, 1.807) is 31.2 Å². The first kappa shape index (κ1) is 17.5. The molecule has 2 rings (SSSR count).